The van der Waals surface area contributed by atoms with E-state index in [9.17, 15) is 4.79 Å². The number of nitrogens with one attached hydrogen (secondary N) is 1. The first-order valence-corrected chi connectivity index (χ1v) is 10.3. The lowest BCUT2D eigenvalue weighted by Crippen LogP contribution is -2.31. The molecule has 0 radical (unpaired) electrons. The van der Waals surface area contributed by atoms with E-state index in [-0.39, 0.29) is 5.91 Å². The van der Waals surface area contributed by atoms with Crippen LogP contribution in [0.15, 0.2) is 48.5 Å². The van der Waals surface area contributed by atoms with Gasteiger partial charge in [-0.3, -0.25) is 4.79 Å². The molecule has 26 heavy (non-hydrogen) atoms. The average molecular weight is 365 g/mol. The minimum Gasteiger partial charge on any atom is -0.355 e. The molecule has 0 spiro atoms. The van der Waals surface area contributed by atoms with Gasteiger partial charge in [0.25, 0.3) is 0 Å². The molecule has 0 unspecified atom stereocenters. The lowest BCUT2D eigenvalue weighted by molar-refractivity contribution is -0.120. The summed E-state index contributed by atoms with van der Waals surface area (Å²) in [6.07, 6.45) is 6.85. The first-order chi connectivity index (χ1) is 12.8. The van der Waals surface area contributed by atoms with Crippen LogP contribution in [0.25, 0.3) is 21.3 Å². The Labute approximate surface area is 158 Å². The van der Waals surface area contributed by atoms with E-state index in [0.29, 0.717) is 12.3 Å². The third kappa shape index (κ3) is 4.13. The SMILES string of the molecule is O=C(Cc1nc2ccc(-c3ccccc3)cc2s1)NCC1CCCCC1. The van der Waals surface area contributed by atoms with Crippen LogP contribution >= 0.6 is 11.3 Å². The van der Waals surface area contributed by atoms with Gasteiger partial charge in [-0.05, 0) is 42.0 Å². The average Bonchev–Trinajstić information content (AvgIpc) is 3.09. The molecule has 2 aromatic carbocycles. The summed E-state index contributed by atoms with van der Waals surface area (Å²) < 4.78 is 1.14. The zero-order valence-electron chi connectivity index (χ0n) is 14.9. The van der Waals surface area contributed by atoms with Gasteiger partial charge in [0.15, 0.2) is 0 Å². The molecule has 1 heterocycles. The summed E-state index contributed by atoms with van der Waals surface area (Å²) in [5.74, 6) is 0.759. The molecule has 134 valence electrons. The molecule has 4 rings (SSSR count). The maximum atomic E-state index is 12.3. The lowest BCUT2D eigenvalue weighted by Gasteiger charge is -2.21. The van der Waals surface area contributed by atoms with Crippen molar-refractivity contribution in [3.63, 3.8) is 0 Å². The molecule has 1 saturated carbocycles. The maximum Gasteiger partial charge on any atom is 0.226 e. The molecule has 4 heteroatoms. The fourth-order valence-corrected chi connectivity index (χ4v) is 4.71. The van der Waals surface area contributed by atoms with Gasteiger partial charge in [-0.15, -0.1) is 11.3 Å². The Kier molecular flexibility index (Phi) is 5.30. The number of thiazole rings is 1. The quantitative estimate of drug-likeness (QED) is 0.676. The second-order valence-electron chi connectivity index (χ2n) is 7.14. The smallest absolute Gasteiger partial charge is 0.226 e. The van der Waals surface area contributed by atoms with Crippen molar-refractivity contribution < 1.29 is 4.79 Å². The molecule has 1 aliphatic carbocycles. The second kappa shape index (κ2) is 8.00. The van der Waals surface area contributed by atoms with Crippen LogP contribution in [0.1, 0.15) is 37.1 Å². The zero-order valence-corrected chi connectivity index (χ0v) is 15.7. The van der Waals surface area contributed by atoms with Crippen LogP contribution in [0.4, 0.5) is 0 Å². The van der Waals surface area contributed by atoms with E-state index in [4.69, 9.17) is 0 Å². The molecule has 3 nitrogen and oxygen atoms in total. The van der Waals surface area contributed by atoms with Gasteiger partial charge in [-0.25, -0.2) is 4.98 Å². The van der Waals surface area contributed by atoms with Gasteiger partial charge >= 0.3 is 0 Å². The monoisotopic (exact) mass is 364 g/mol. The fraction of sp³-hybridized carbons (Fsp3) is 0.364. The third-order valence-corrected chi connectivity index (χ3v) is 6.18. The Balaban J connectivity index is 1.41. The minimum absolute atomic E-state index is 0.0953. The van der Waals surface area contributed by atoms with Crippen LogP contribution < -0.4 is 5.32 Å². The Morgan fingerprint density at radius 3 is 2.65 bits per heavy atom. The number of benzene rings is 2. The van der Waals surface area contributed by atoms with Crippen molar-refractivity contribution in [1.82, 2.24) is 10.3 Å². The predicted molar refractivity (Wildman–Crippen MR) is 108 cm³/mol. The van der Waals surface area contributed by atoms with E-state index in [0.717, 1.165) is 21.8 Å². The van der Waals surface area contributed by atoms with Crippen molar-refractivity contribution in [1.29, 1.82) is 0 Å². The van der Waals surface area contributed by atoms with Gasteiger partial charge in [-0.2, -0.15) is 0 Å². The van der Waals surface area contributed by atoms with Gasteiger partial charge in [0, 0.05) is 6.54 Å². The normalized spacial score (nSPS) is 15.2. The van der Waals surface area contributed by atoms with Crippen molar-refractivity contribution in [2.45, 2.75) is 38.5 Å². The van der Waals surface area contributed by atoms with Crippen LogP contribution in [0.3, 0.4) is 0 Å². The number of amides is 1. The Hall–Kier alpha value is -2.20. The highest BCUT2D eigenvalue weighted by molar-refractivity contribution is 7.18. The molecular weight excluding hydrogens is 340 g/mol. The molecule has 1 aromatic heterocycles. The number of hydrogen-bond acceptors (Lipinski definition) is 3. The summed E-state index contributed by atoms with van der Waals surface area (Å²) in [6, 6.07) is 16.7. The largest absolute Gasteiger partial charge is 0.355 e. The molecule has 0 aliphatic heterocycles. The summed E-state index contributed by atoms with van der Waals surface area (Å²) in [5.41, 5.74) is 3.37. The summed E-state index contributed by atoms with van der Waals surface area (Å²) in [7, 11) is 0. The molecule has 0 saturated heterocycles. The molecular formula is C22H24N2OS. The molecule has 1 fully saturated rings. The number of rotatable bonds is 5. The van der Waals surface area contributed by atoms with Gasteiger partial charge in [-0.1, -0.05) is 55.7 Å². The Bertz CT molecular complexity index is 882. The Morgan fingerprint density at radius 2 is 1.85 bits per heavy atom. The molecule has 1 N–H and O–H groups in total. The predicted octanol–water partition coefficient (Wildman–Crippen LogP) is 5.20. The number of nitrogens with zero attached hydrogens (tertiary/aromatic N) is 1. The van der Waals surface area contributed by atoms with Crippen molar-refractivity contribution in [3.05, 3.63) is 53.5 Å². The summed E-state index contributed by atoms with van der Waals surface area (Å²) in [6.45, 7) is 0.821. The van der Waals surface area contributed by atoms with Crippen LogP contribution in [-0.4, -0.2) is 17.4 Å². The first kappa shape index (κ1) is 17.2. The second-order valence-corrected chi connectivity index (χ2v) is 8.26. The van der Waals surface area contributed by atoms with Gasteiger partial charge in [0.1, 0.15) is 5.01 Å². The lowest BCUT2D eigenvalue weighted by atomic mass is 9.89. The molecule has 1 amide bonds. The number of fused-ring (bicyclic) bond motifs is 1. The maximum absolute atomic E-state index is 12.3. The van der Waals surface area contributed by atoms with Gasteiger partial charge < -0.3 is 5.32 Å². The van der Waals surface area contributed by atoms with Crippen LogP contribution in [0.2, 0.25) is 0 Å². The summed E-state index contributed by atoms with van der Waals surface area (Å²) in [4.78, 5) is 16.9. The van der Waals surface area contributed by atoms with Crippen molar-refractivity contribution in [2.75, 3.05) is 6.54 Å². The first-order valence-electron chi connectivity index (χ1n) is 9.49. The van der Waals surface area contributed by atoms with Crippen molar-refractivity contribution >= 4 is 27.5 Å². The van der Waals surface area contributed by atoms with E-state index in [1.54, 1.807) is 11.3 Å². The zero-order chi connectivity index (χ0) is 17.8. The van der Waals surface area contributed by atoms with E-state index in [2.05, 4.69) is 40.6 Å². The fourth-order valence-electron chi connectivity index (χ4n) is 3.71. The molecule has 1 aliphatic rings. The van der Waals surface area contributed by atoms with Gasteiger partial charge in [0.05, 0.1) is 16.6 Å². The Morgan fingerprint density at radius 1 is 1.04 bits per heavy atom. The van der Waals surface area contributed by atoms with Crippen molar-refractivity contribution in [2.24, 2.45) is 5.92 Å². The highest BCUT2D eigenvalue weighted by Gasteiger charge is 2.15. The highest BCUT2D eigenvalue weighted by Crippen LogP contribution is 2.28. The summed E-state index contributed by atoms with van der Waals surface area (Å²) >= 11 is 1.62. The van der Waals surface area contributed by atoms with Crippen LogP contribution in [0.5, 0.6) is 0 Å². The van der Waals surface area contributed by atoms with Gasteiger partial charge in [0.2, 0.25) is 5.91 Å². The van der Waals surface area contributed by atoms with E-state index < -0.39 is 0 Å². The van der Waals surface area contributed by atoms with Crippen LogP contribution in [0, 0.1) is 5.92 Å². The highest BCUT2D eigenvalue weighted by atomic mass is 32.1. The molecule has 3 aromatic rings. The van der Waals surface area contributed by atoms with E-state index in [1.165, 1.54) is 43.2 Å². The van der Waals surface area contributed by atoms with E-state index in [1.807, 2.05) is 18.2 Å². The minimum atomic E-state index is 0.0953. The van der Waals surface area contributed by atoms with Crippen molar-refractivity contribution in [3.8, 4) is 11.1 Å². The third-order valence-electron chi connectivity index (χ3n) is 5.16. The topological polar surface area (TPSA) is 42.0 Å². The standard InChI is InChI=1S/C22H24N2OS/c25-21(23-15-16-7-3-1-4-8-16)14-22-24-19-12-11-18(13-20(19)26-22)17-9-5-2-6-10-17/h2,5-6,9-13,16H,1,3-4,7-8,14-15H2,(H,23,25). The van der Waals surface area contributed by atoms with Crippen LogP contribution in [-0.2, 0) is 11.2 Å². The molecule has 0 bridgehead atoms. The number of carbonyl (C=O) groups excluding carboxylic acids is 1. The number of carbonyl (C=O) groups is 1. The van der Waals surface area contributed by atoms with E-state index >= 15 is 0 Å². The number of hydrogen-bond donors (Lipinski definition) is 1. The summed E-state index contributed by atoms with van der Waals surface area (Å²) in [5, 5.41) is 4.00. The molecule has 0 atom stereocenters. The number of aromatic nitrogens is 1.